The molecule has 2 aliphatic heterocycles. The Bertz CT molecular complexity index is 1760. The van der Waals surface area contributed by atoms with Gasteiger partial charge in [0.1, 0.15) is 6.04 Å². The van der Waals surface area contributed by atoms with Gasteiger partial charge < -0.3 is 25.7 Å². The topological polar surface area (TPSA) is 185 Å². The molecule has 21 heteroatoms. The Morgan fingerprint density at radius 1 is 0.879 bits per heavy atom. The van der Waals surface area contributed by atoms with Gasteiger partial charge in [-0.15, -0.1) is 0 Å². The summed E-state index contributed by atoms with van der Waals surface area (Å²) in [5.41, 5.74) is 3.26. The van der Waals surface area contributed by atoms with Crippen molar-refractivity contribution < 1.29 is 64.2 Å². The van der Waals surface area contributed by atoms with E-state index in [1.165, 1.54) is 43.9 Å². The van der Waals surface area contributed by atoms with E-state index < -0.39 is 40.4 Å². The van der Waals surface area contributed by atoms with E-state index in [1.54, 1.807) is 12.1 Å². The molecule has 324 valence electrons. The van der Waals surface area contributed by atoms with E-state index >= 15 is 0 Å². The number of alkyl halides is 6. The number of carboxylic acids is 2. The second-order valence-corrected chi connectivity index (χ2v) is 16.5. The van der Waals surface area contributed by atoms with Crippen LogP contribution in [0.3, 0.4) is 0 Å². The lowest BCUT2D eigenvalue weighted by Gasteiger charge is -2.41. The van der Waals surface area contributed by atoms with Gasteiger partial charge in [0, 0.05) is 69.2 Å². The van der Waals surface area contributed by atoms with Crippen molar-refractivity contribution in [1.29, 1.82) is 0 Å². The third-order valence-electron chi connectivity index (χ3n) is 9.88. The van der Waals surface area contributed by atoms with Crippen LogP contribution in [0.15, 0.2) is 48.5 Å². The van der Waals surface area contributed by atoms with Gasteiger partial charge in [-0.2, -0.15) is 26.3 Å². The van der Waals surface area contributed by atoms with E-state index in [1.807, 2.05) is 29.2 Å². The SMILES string of the molecule is CS(=O)(=O)NCC(CC1CCCCC1)N1CCN(C(=O)C(Cc2ccc(Cl)cc2)NC(=O)CC2NCc3ccccc32)CC1.O=C(O)C(F)(F)F.O=C(O)C(F)(F)F. The molecule has 0 radical (unpaired) electrons. The van der Waals surface area contributed by atoms with Crippen LogP contribution in [0, 0.1) is 5.92 Å². The first-order valence-electron chi connectivity index (χ1n) is 18.5. The summed E-state index contributed by atoms with van der Waals surface area (Å²) in [5.74, 6) is -5.16. The van der Waals surface area contributed by atoms with Gasteiger partial charge in [-0.05, 0) is 41.2 Å². The second-order valence-electron chi connectivity index (χ2n) is 14.3. The van der Waals surface area contributed by atoms with Crippen molar-refractivity contribution in [3.8, 4) is 0 Å². The van der Waals surface area contributed by atoms with Gasteiger partial charge in [-0.25, -0.2) is 22.7 Å². The number of hydrogen-bond acceptors (Lipinski definition) is 8. The van der Waals surface area contributed by atoms with Crippen molar-refractivity contribution in [2.75, 3.05) is 39.0 Å². The fraction of sp³-hybridized carbons (Fsp3) is 0.568. The van der Waals surface area contributed by atoms with E-state index in [0.717, 1.165) is 24.1 Å². The van der Waals surface area contributed by atoms with Crippen LogP contribution in [0.4, 0.5) is 26.3 Å². The average Bonchev–Trinajstić information content (AvgIpc) is 3.56. The highest BCUT2D eigenvalue weighted by atomic mass is 35.5. The quantitative estimate of drug-likeness (QED) is 0.184. The van der Waals surface area contributed by atoms with E-state index in [4.69, 9.17) is 31.4 Å². The highest BCUT2D eigenvalue weighted by Crippen LogP contribution is 2.30. The normalized spacial score (nSPS) is 18.7. The van der Waals surface area contributed by atoms with Gasteiger partial charge in [0.2, 0.25) is 21.8 Å². The fourth-order valence-electron chi connectivity index (χ4n) is 7.00. The third-order valence-corrected chi connectivity index (χ3v) is 10.8. The van der Waals surface area contributed by atoms with E-state index in [-0.39, 0.29) is 30.3 Å². The highest BCUT2D eigenvalue weighted by Gasteiger charge is 2.39. The molecule has 13 nitrogen and oxygen atoms in total. The number of nitrogens with zero attached hydrogens (tertiary/aromatic N) is 2. The summed E-state index contributed by atoms with van der Waals surface area (Å²) in [5, 5.41) is 21.4. The second kappa shape index (κ2) is 21.9. The van der Waals surface area contributed by atoms with Crippen molar-refractivity contribution in [3.63, 3.8) is 0 Å². The minimum atomic E-state index is -5.08. The molecule has 2 fully saturated rings. The Morgan fingerprint density at radius 2 is 1.43 bits per heavy atom. The van der Waals surface area contributed by atoms with Crippen molar-refractivity contribution in [1.82, 2.24) is 25.2 Å². The number of piperazine rings is 1. The number of sulfonamides is 1. The molecule has 3 atom stereocenters. The molecule has 0 spiro atoms. The summed E-state index contributed by atoms with van der Waals surface area (Å²) < 4.78 is 90.1. The monoisotopic (exact) mass is 871 g/mol. The number of hydrogen-bond donors (Lipinski definition) is 5. The minimum absolute atomic E-state index is 0.0809. The fourth-order valence-corrected chi connectivity index (χ4v) is 7.62. The maximum Gasteiger partial charge on any atom is 0.490 e. The Hall–Kier alpha value is -3.98. The number of aliphatic carboxylic acids is 2. The van der Waals surface area contributed by atoms with Crippen molar-refractivity contribution in [2.24, 2.45) is 5.92 Å². The predicted octanol–water partition coefficient (Wildman–Crippen LogP) is 4.90. The number of carboxylic acid groups (broad SMARTS) is 2. The number of fused-ring (bicyclic) bond motifs is 1. The number of nitrogens with one attached hydrogen (secondary N) is 3. The maximum absolute atomic E-state index is 14.0. The average molecular weight is 872 g/mol. The van der Waals surface area contributed by atoms with Crippen LogP contribution in [-0.4, -0.2) is 116 Å². The van der Waals surface area contributed by atoms with Gasteiger partial charge in [0.25, 0.3) is 0 Å². The summed E-state index contributed by atoms with van der Waals surface area (Å²) in [6.45, 7) is 3.51. The molecular weight excluding hydrogens is 824 g/mol. The van der Waals surface area contributed by atoms with E-state index in [9.17, 15) is 44.3 Å². The lowest BCUT2D eigenvalue weighted by atomic mass is 9.84. The van der Waals surface area contributed by atoms with E-state index in [0.29, 0.717) is 50.1 Å². The van der Waals surface area contributed by atoms with Gasteiger partial charge >= 0.3 is 24.3 Å². The Kier molecular flexibility index (Phi) is 18.2. The number of carbonyl (C=O) groups is 4. The van der Waals surface area contributed by atoms with Crippen LogP contribution >= 0.6 is 11.6 Å². The molecule has 1 saturated heterocycles. The van der Waals surface area contributed by atoms with Crippen molar-refractivity contribution >= 4 is 45.4 Å². The summed E-state index contributed by atoms with van der Waals surface area (Å²) in [6.07, 6.45) is -1.22. The lowest BCUT2D eigenvalue weighted by Crippen LogP contribution is -2.58. The molecule has 3 unspecified atom stereocenters. The molecule has 2 amide bonds. The molecule has 5 N–H and O–H groups in total. The molecule has 1 saturated carbocycles. The van der Waals surface area contributed by atoms with Crippen LogP contribution in [0.25, 0.3) is 0 Å². The highest BCUT2D eigenvalue weighted by molar-refractivity contribution is 7.88. The zero-order valence-corrected chi connectivity index (χ0v) is 33.2. The zero-order chi connectivity index (χ0) is 43.3. The summed E-state index contributed by atoms with van der Waals surface area (Å²) in [4.78, 5) is 49.3. The molecule has 3 aliphatic rings. The minimum Gasteiger partial charge on any atom is -0.475 e. The number of carbonyl (C=O) groups excluding carboxylic acids is 2. The first kappa shape index (κ1) is 48.4. The molecule has 5 rings (SSSR count). The molecule has 1 aliphatic carbocycles. The number of halogens is 7. The molecule has 2 heterocycles. The van der Waals surface area contributed by atoms with Gasteiger partial charge in [0.05, 0.1) is 6.26 Å². The molecule has 0 aromatic heterocycles. The Balaban J connectivity index is 0.000000550. The first-order chi connectivity index (χ1) is 27.0. The van der Waals surface area contributed by atoms with Gasteiger partial charge in [0.15, 0.2) is 0 Å². The molecule has 0 bridgehead atoms. The Morgan fingerprint density at radius 3 is 1.97 bits per heavy atom. The largest absolute Gasteiger partial charge is 0.490 e. The first-order valence-corrected chi connectivity index (χ1v) is 20.7. The number of benzene rings is 2. The van der Waals surface area contributed by atoms with Crippen LogP contribution in [0.5, 0.6) is 0 Å². The zero-order valence-electron chi connectivity index (χ0n) is 31.6. The van der Waals surface area contributed by atoms with Crippen LogP contribution in [0.2, 0.25) is 5.02 Å². The van der Waals surface area contributed by atoms with Crippen LogP contribution in [0.1, 0.15) is 67.7 Å². The summed E-state index contributed by atoms with van der Waals surface area (Å²) in [6, 6.07) is 14.8. The van der Waals surface area contributed by atoms with Gasteiger partial charge in [-0.3, -0.25) is 14.5 Å². The van der Waals surface area contributed by atoms with Crippen molar-refractivity contribution in [2.45, 2.75) is 88.4 Å². The molecular formula is C37H48ClF6N5O8S. The van der Waals surface area contributed by atoms with Crippen LogP contribution < -0.4 is 15.4 Å². The predicted molar refractivity (Wildman–Crippen MR) is 201 cm³/mol. The van der Waals surface area contributed by atoms with Crippen LogP contribution in [-0.2, 0) is 42.2 Å². The standard InChI is InChI=1S/C33H46ClN5O4S.2C2HF3O2/c1-44(42,43)36-23-28(19-24-7-3-2-4-8-24)38-15-17-39(18-16-38)33(41)31(20-25-11-13-27(34)14-12-25)37-32(40)21-30-29-10-6-5-9-26(29)22-35-30;2*3-2(4,5)1(6)7/h5-6,9-14,24,28,30-31,35-36H,2-4,7-8,15-23H2,1H3,(H,37,40);2*(H,6,7). The number of amides is 2. The van der Waals surface area contributed by atoms with Gasteiger partial charge in [-0.1, -0.05) is 80.1 Å². The Labute approximate surface area is 337 Å². The molecule has 2 aromatic rings. The number of rotatable bonds is 12. The molecule has 58 heavy (non-hydrogen) atoms. The van der Waals surface area contributed by atoms with Crippen molar-refractivity contribution in [3.05, 3.63) is 70.2 Å². The maximum atomic E-state index is 14.0. The third kappa shape index (κ3) is 16.7. The lowest BCUT2D eigenvalue weighted by molar-refractivity contribution is -0.193. The summed E-state index contributed by atoms with van der Waals surface area (Å²) >= 11 is 6.11. The smallest absolute Gasteiger partial charge is 0.475 e. The van der Waals surface area contributed by atoms with E-state index in [2.05, 4.69) is 32.4 Å². The molecule has 2 aromatic carbocycles. The summed E-state index contributed by atoms with van der Waals surface area (Å²) in [7, 11) is -3.30.